The van der Waals surface area contributed by atoms with E-state index in [0.717, 1.165) is 17.0 Å². The first-order valence-corrected chi connectivity index (χ1v) is 7.51. The Morgan fingerprint density at radius 3 is 2.89 bits per heavy atom. The Kier molecular flexibility index (Phi) is 3.87. The van der Waals surface area contributed by atoms with Gasteiger partial charge in [-0.2, -0.15) is 17.0 Å². The van der Waals surface area contributed by atoms with Crippen molar-refractivity contribution >= 4 is 17.4 Å². The van der Waals surface area contributed by atoms with Crippen molar-refractivity contribution in [3.05, 3.63) is 29.3 Å². The average molecular weight is 260 g/mol. The Morgan fingerprint density at radius 1 is 1.44 bits per heavy atom. The van der Waals surface area contributed by atoms with Crippen LogP contribution >= 0.6 is 11.8 Å². The van der Waals surface area contributed by atoms with Gasteiger partial charge in [-0.25, -0.2) is 0 Å². The van der Waals surface area contributed by atoms with E-state index in [0.29, 0.717) is 11.5 Å². The van der Waals surface area contributed by atoms with Crippen LogP contribution in [0.2, 0.25) is 0 Å². The van der Waals surface area contributed by atoms with Gasteiger partial charge < -0.3 is 5.32 Å². The molecule has 1 aliphatic rings. The highest BCUT2D eigenvalue weighted by Gasteiger charge is 2.28. The number of hydrogen-bond acceptors (Lipinski definition) is 3. The second kappa shape index (κ2) is 5.24. The molecule has 1 fully saturated rings. The molecule has 18 heavy (non-hydrogen) atoms. The Morgan fingerprint density at radius 2 is 2.22 bits per heavy atom. The molecule has 0 spiro atoms. The molecule has 0 radical (unpaired) electrons. The Hall–Kier alpha value is -1.14. The van der Waals surface area contributed by atoms with Crippen molar-refractivity contribution in [3.63, 3.8) is 0 Å². The molecule has 1 atom stereocenters. The number of aryl methyl sites for hydroxylation is 1. The lowest BCUT2D eigenvalue weighted by atomic mass is 9.87. The minimum Gasteiger partial charge on any atom is -0.381 e. The van der Waals surface area contributed by atoms with E-state index in [-0.39, 0.29) is 0 Å². The van der Waals surface area contributed by atoms with E-state index in [1.807, 2.05) is 30.0 Å². The Bertz CT molecular complexity index is 474. The molecule has 0 amide bonds. The van der Waals surface area contributed by atoms with Crippen LogP contribution in [0, 0.1) is 23.7 Å². The lowest BCUT2D eigenvalue weighted by molar-refractivity contribution is 0.358. The minimum absolute atomic E-state index is 0.404. The third-order valence-corrected chi connectivity index (χ3v) is 4.96. The van der Waals surface area contributed by atoms with Gasteiger partial charge in [-0.3, -0.25) is 0 Å². The van der Waals surface area contributed by atoms with Gasteiger partial charge in [0.1, 0.15) is 0 Å². The number of anilines is 1. The van der Waals surface area contributed by atoms with E-state index in [2.05, 4.69) is 32.2 Å². The van der Waals surface area contributed by atoms with Gasteiger partial charge in [-0.05, 0) is 42.2 Å². The lowest BCUT2D eigenvalue weighted by Crippen LogP contribution is -2.35. The maximum absolute atomic E-state index is 8.96. The summed E-state index contributed by atoms with van der Waals surface area (Å²) in [7, 11) is 0. The first kappa shape index (κ1) is 13.3. The van der Waals surface area contributed by atoms with Crippen molar-refractivity contribution in [2.24, 2.45) is 5.41 Å². The van der Waals surface area contributed by atoms with Gasteiger partial charge in [-0.1, -0.05) is 19.9 Å². The predicted octanol–water partition coefficient (Wildman–Crippen LogP) is 3.81. The number of benzene rings is 1. The number of hydrogen-bond donors (Lipinski definition) is 1. The van der Waals surface area contributed by atoms with Crippen LogP contribution in [0.15, 0.2) is 18.2 Å². The fraction of sp³-hybridized carbons (Fsp3) is 0.533. The van der Waals surface area contributed by atoms with Crippen LogP contribution in [0.3, 0.4) is 0 Å². The van der Waals surface area contributed by atoms with Crippen LogP contribution in [0.4, 0.5) is 5.69 Å². The molecule has 0 bridgehead atoms. The largest absolute Gasteiger partial charge is 0.381 e. The van der Waals surface area contributed by atoms with Crippen LogP contribution in [-0.4, -0.2) is 17.5 Å². The van der Waals surface area contributed by atoms with E-state index in [1.165, 1.54) is 17.7 Å². The zero-order chi connectivity index (χ0) is 13.2. The van der Waals surface area contributed by atoms with Crippen LogP contribution in [0.5, 0.6) is 0 Å². The minimum atomic E-state index is 0.404. The quantitative estimate of drug-likeness (QED) is 0.878. The molecule has 1 heterocycles. The molecule has 1 N–H and O–H groups in total. The highest BCUT2D eigenvalue weighted by Crippen LogP contribution is 2.35. The summed E-state index contributed by atoms with van der Waals surface area (Å²) >= 11 is 2.02. The zero-order valence-corrected chi connectivity index (χ0v) is 12.1. The molecule has 0 aromatic heterocycles. The smallest absolute Gasteiger partial charge is 0.0992 e. The monoisotopic (exact) mass is 260 g/mol. The molecule has 2 rings (SSSR count). The Labute approximate surface area is 114 Å². The van der Waals surface area contributed by atoms with Crippen LogP contribution in [0.25, 0.3) is 0 Å². The average Bonchev–Trinajstić information content (AvgIpc) is 2.31. The second-order valence-electron chi connectivity index (χ2n) is 5.87. The fourth-order valence-corrected chi connectivity index (χ4v) is 3.70. The third kappa shape index (κ3) is 3.20. The molecular formula is C15H20N2S. The van der Waals surface area contributed by atoms with Gasteiger partial charge >= 0.3 is 0 Å². The first-order chi connectivity index (χ1) is 8.50. The maximum Gasteiger partial charge on any atom is 0.0992 e. The van der Waals surface area contributed by atoms with E-state index >= 15 is 0 Å². The molecule has 1 aromatic carbocycles. The molecular weight excluding hydrogens is 240 g/mol. The number of nitrogens with zero attached hydrogens (tertiary/aromatic N) is 1. The molecule has 0 aliphatic carbocycles. The summed E-state index contributed by atoms with van der Waals surface area (Å²) in [4.78, 5) is 0. The molecule has 1 aromatic rings. The summed E-state index contributed by atoms with van der Waals surface area (Å²) in [5.41, 5.74) is 3.45. The first-order valence-electron chi connectivity index (χ1n) is 6.35. The number of nitriles is 1. The van der Waals surface area contributed by atoms with Crippen molar-refractivity contribution in [3.8, 4) is 6.07 Å². The second-order valence-corrected chi connectivity index (χ2v) is 6.90. The molecule has 0 saturated carbocycles. The van der Waals surface area contributed by atoms with Gasteiger partial charge in [0.05, 0.1) is 11.6 Å². The van der Waals surface area contributed by atoms with Crippen LogP contribution in [0.1, 0.15) is 31.4 Å². The van der Waals surface area contributed by atoms with Crippen molar-refractivity contribution in [1.82, 2.24) is 0 Å². The van der Waals surface area contributed by atoms with Crippen molar-refractivity contribution in [2.75, 3.05) is 16.8 Å². The number of thioether (sulfide) groups is 1. The van der Waals surface area contributed by atoms with E-state index in [1.54, 1.807) is 0 Å². The number of nitrogens with one attached hydrogen (secondary N) is 1. The van der Waals surface area contributed by atoms with Crippen LogP contribution < -0.4 is 5.32 Å². The van der Waals surface area contributed by atoms with E-state index in [9.17, 15) is 0 Å². The number of rotatable bonds is 2. The molecule has 1 unspecified atom stereocenters. The maximum atomic E-state index is 8.96. The molecule has 3 heteroatoms. The summed E-state index contributed by atoms with van der Waals surface area (Å²) in [6, 6.07) is 8.56. The van der Waals surface area contributed by atoms with Gasteiger partial charge in [0.2, 0.25) is 0 Å². The topological polar surface area (TPSA) is 35.8 Å². The fourth-order valence-electron chi connectivity index (χ4n) is 2.42. The Balaban J connectivity index is 2.12. The normalized spacial score (nSPS) is 22.2. The zero-order valence-electron chi connectivity index (χ0n) is 11.3. The summed E-state index contributed by atoms with van der Waals surface area (Å²) in [5.74, 6) is 2.39. The summed E-state index contributed by atoms with van der Waals surface area (Å²) in [6.45, 7) is 6.74. The summed E-state index contributed by atoms with van der Waals surface area (Å²) in [6.07, 6.45) is 1.19. The summed E-state index contributed by atoms with van der Waals surface area (Å²) < 4.78 is 0. The van der Waals surface area contributed by atoms with Crippen molar-refractivity contribution in [2.45, 2.75) is 33.2 Å². The summed E-state index contributed by atoms with van der Waals surface area (Å²) in [5, 5.41) is 12.6. The standard InChI is InChI=1S/C15H20N2S/c1-11-4-5-12(8-16)6-14(11)17-13-7-15(2,3)10-18-9-13/h4-6,13,17H,7,9-10H2,1-3H3. The molecule has 1 saturated heterocycles. The van der Waals surface area contributed by atoms with Gasteiger partial charge in [-0.15, -0.1) is 0 Å². The third-order valence-electron chi connectivity index (χ3n) is 3.34. The van der Waals surface area contributed by atoms with Crippen LogP contribution in [-0.2, 0) is 0 Å². The predicted molar refractivity (Wildman–Crippen MR) is 79.0 cm³/mol. The molecule has 1 aliphatic heterocycles. The van der Waals surface area contributed by atoms with Gasteiger partial charge in [0.25, 0.3) is 0 Å². The highest BCUT2D eigenvalue weighted by molar-refractivity contribution is 7.99. The van der Waals surface area contributed by atoms with E-state index in [4.69, 9.17) is 5.26 Å². The highest BCUT2D eigenvalue weighted by atomic mass is 32.2. The van der Waals surface area contributed by atoms with Gasteiger partial charge in [0.15, 0.2) is 0 Å². The van der Waals surface area contributed by atoms with Gasteiger partial charge in [0, 0.05) is 17.5 Å². The van der Waals surface area contributed by atoms with E-state index < -0.39 is 0 Å². The van der Waals surface area contributed by atoms with Crippen molar-refractivity contribution < 1.29 is 0 Å². The van der Waals surface area contributed by atoms with Crippen molar-refractivity contribution in [1.29, 1.82) is 5.26 Å². The molecule has 96 valence electrons. The lowest BCUT2D eigenvalue weighted by Gasteiger charge is -2.35. The molecule has 2 nitrogen and oxygen atoms in total. The SMILES string of the molecule is Cc1ccc(C#N)cc1NC1CSCC(C)(C)C1.